The summed E-state index contributed by atoms with van der Waals surface area (Å²) < 4.78 is 0. The van der Waals surface area contributed by atoms with Gasteiger partial charge >= 0.3 is 21.7 Å². The largest absolute Gasteiger partial charge is 2.00 e. The maximum Gasteiger partial charge on any atom is 2.00 e. The molecule has 12 nitrogen and oxygen atoms in total. The molecule has 0 spiro atoms. The number of hydrogen-bond acceptors (Lipinski definition) is 12. The van der Waals surface area contributed by atoms with Gasteiger partial charge in [0.2, 0.25) is 0 Å². The number of aliphatic hydroxyl groups excluding tert-OH is 6. The molecular weight excluding hydrogens is 812 g/mol. The Bertz CT molecular complexity index is 698. The van der Waals surface area contributed by atoms with Gasteiger partial charge in [0.05, 0.1) is 39.6 Å². The molecule has 0 aromatic carbocycles. The van der Waals surface area contributed by atoms with Gasteiger partial charge in [-0.3, -0.25) is 9.80 Å². The molecule has 0 aromatic rings. The molecule has 0 saturated carbocycles. The summed E-state index contributed by atoms with van der Waals surface area (Å²) in [6.07, 6.45) is 39.7. The first kappa shape index (κ1) is 69.4. The summed E-state index contributed by atoms with van der Waals surface area (Å²) in [6, 6.07) is 0. The summed E-state index contributed by atoms with van der Waals surface area (Å²) in [4.78, 5) is 24.0. The number of carbonyl (C=O) groups is 2. The maximum absolute atomic E-state index is 10.2. The number of unbranched alkanes of at least 4 members (excludes halogenated alkanes) is 28. The summed E-state index contributed by atoms with van der Waals surface area (Å²) in [5.41, 5.74) is 0. The van der Waals surface area contributed by atoms with Gasteiger partial charge in [0.25, 0.3) is 0 Å². The number of nitrogens with zero attached hydrogens (tertiary/aromatic N) is 2. The Labute approximate surface area is 390 Å². The summed E-state index contributed by atoms with van der Waals surface area (Å²) in [5.74, 6) is -1.81. The molecule has 0 aliphatic rings. The molecular formula is C48H100N2O10Ti. The maximum atomic E-state index is 10.2. The number of rotatable bonds is 44. The van der Waals surface area contributed by atoms with Crippen LogP contribution in [0.2, 0.25) is 0 Å². The van der Waals surface area contributed by atoms with Crippen LogP contribution in [0.25, 0.3) is 0 Å². The van der Waals surface area contributed by atoms with Crippen molar-refractivity contribution < 1.29 is 72.2 Å². The third kappa shape index (κ3) is 74.0. The first-order valence-electron chi connectivity index (χ1n) is 24.7. The summed E-state index contributed by atoms with van der Waals surface area (Å²) >= 11 is 0. The first-order chi connectivity index (χ1) is 29.2. The zero-order valence-electron chi connectivity index (χ0n) is 39.8. The van der Waals surface area contributed by atoms with Gasteiger partial charge in [0.15, 0.2) is 0 Å². The minimum atomic E-state index is -0.903. The van der Waals surface area contributed by atoms with Crippen molar-refractivity contribution in [3.05, 3.63) is 0 Å². The Morgan fingerprint density at radius 2 is 0.459 bits per heavy atom. The van der Waals surface area contributed by atoms with E-state index in [-0.39, 0.29) is 74.2 Å². The molecule has 0 aliphatic carbocycles. The van der Waals surface area contributed by atoms with E-state index in [1.165, 1.54) is 167 Å². The molecule has 366 valence electrons. The molecule has 61 heavy (non-hydrogen) atoms. The molecule has 0 aliphatic heterocycles. The van der Waals surface area contributed by atoms with E-state index in [2.05, 4.69) is 13.8 Å². The van der Waals surface area contributed by atoms with E-state index in [1.807, 2.05) is 0 Å². The molecule has 0 aromatic heterocycles. The molecule has 0 unspecified atom stereocenters. The van der Waals surface area contributed by atoms with Crippen molar-refractivity contribution in [1.82, 2.24) is 9.80 Å². The van der Waals surface area contributed by atoms with Gasteiger partial charge < -0.3 is 50.4 Å². The van der Waals surface area contributed by atoms with E-state index >= 15 is 0 Å². The van der Waals surface area contributed by atoms with Crippen LogP contribution in [0.1, 0.15) is 219 Å². The number of aliphatic hydroxyl groups is 6. The number of carbonyl (C=O) groups excluding carboxylic acids is 2. The van der Waals surface area contributed by atoms with Gasteiger partial charge in [-0.1, -0.05) is 194 Å². The van der Waals surface area contributed by atoms with E-state index in [4.69, 9.17) is 30.6 Å². The van der Waals surface area contributed by atoms with E-state index < -0.39 is 11.9 Å². The van der Waals surface area contributed by atoms with Crippen molar-refractivity contribution in [3.8, 4) is 0 Å². The normalized spacial score (nSPS) is 10.7. The minimum Gasteiger partial charge on any atom is -0.550 e. The third-order valence-corrected chi connectivity index (χ3v) is 10.5. The summed E-state index contributed by atoms with van der Waals surface area (Å²) in [7, 11) is 0. The molecule has 0 rings (SSSR count). The number of hydrogen-bond donors (Lipinski definition) is 6. The monoisotopic (exact) mass is 913 g/mol. The second-order valence-corrected chi connectivity index (χ2v) is 16.2. The van der Waals surface area contributed by atoms with Crippen LogP contribution in [0.4, 0.5) is 0 Å². The van der Waals surface area contributed by atoms with E-state index in [0.717, 1.165) is 25.7 Å². The Balaban J connectivity index is -0.000000239. The van der Waals surface area contributed by atoms with Gasteiger partial charge in [-0.05, 0) is 25.7 Å². The molecule has 0 fully saturated rings. The fourth-order valence-corrected chi connectivity index (χ4v) is 6.80. The number of aliphatic carboxylic acids is 2. The Kier molecular flexibility index (Phi) is 75.0. The zero-order valence-corrected chi connectivity index (χ0v) is 41.4. The van der Waals surface area contributed by atoms with Crippen molar-refractivity contribution in [2.24, 2.45) is 0 Å². The second kappa shape index (κ2) is 65.9. The van der Waals surface area contributed by atoms with Gasteiger partial charge in [0.1, 0.15) is 0 Å². The predicted octanol–water partition coefficient (Wildman–Crippen LogP) is 6.52. The minimum absolute atomic E-state index is 0. The summed E-state index contributed by atoms with van der Waals surface area (Å²) in [6.45, 7) is 8.04. The van der Waals surface area contributed by atoms with Crippen LogP contribution in [0.15, 0.2) is 0 Å². The molecule has 0 amide bonds. The second-order valence-electron chi connectivity index (χ2n) is 16.2. The van der Waals surface area contributed by atoms with Gasteiger partial charge in [0, 0.05) is 51.2 Å². The summed E-state index contributed by atoms with van der Waals surface area (Å²) in [5, 5.41) is 71.4. The Morgan fingerprint density at radius 1 is 0.311 bits per heavy atom. The molecule has 0 radical (unpaired) electrons. The van der Waals surface area contributed by atoms with Gasteiger partial charge in [-0.2, -0.15) is 0 Å². The molecule has 6 N–H and O–H groups in total. The van der Waals surface area contributed by atoms with Crippen LogP contribution in [0.5, 0.6) is 0 Å². The average molecular weight is 913 g/mol. The van der Waals surface area contributed by atoms with E-state index in [9.17, 15) is 19.8 Å². The average Bonchev–Trinajstić information content (AvgIpc) is 3.22. The fourth-order valence-electron chi connectivity index (χ4n) is 6.80. The van der Waals surface area contributed by atoms with Gasteiger partial charge in [-0.15, -0.1) is 0 Å². The predicted molar refractivity (Wildman–Crippen MR) is 245 cm³/mol. The van der Waals surface area contributed by atoms with Crippen molar-refractivity contribution >= 4 is 11.9 Å². The molecule has 0 atom stereocenters. The van der Waals surface area contributed by atoms with Crippen LogP contribution in [-0.4, -0.2) is 131 Å². The molecule has 13 heteroatoms. The molecule has 0 saturated heterocycles. The van der Waals surface area contributed by atoms with Crippen molar-refractivity contribution in [1.29, 1.82) is 0 Å². The van der Waals surface area contributed by atoms with Crippen LogP contribution in [-0.2, 0) is 31.3 Å². The SMILES string of the molecule is CCCCCCCCCCCCCCCCCC(=O)[O-].CCCCCCCCCCCCCCCCCC(=O)[O-].OCCN(CCO)CCO.OCCN(CCO)CCO.[Ti+2]. The Morgan fingerprint density at radius 3 is 0.590 bits per heavy atom. The fraction of sp³-hybridized carbons (Fsp3) is 0.958. The van der Waals surface area contributed by atoms with Crippen molar-refractivity contribution in [2.45, 2.75) is 219 Å². The van der Waals surface area contributed by atoms with Crippen LogP contribution in [0, 0.1) is 0 Å². The molecule has 0 bridgehead atoms. The first-order valence-corrected chi connectivity index (χ1v) is 24.7. The number of carboxylic acid groups (broad SMARTS) is 2. The van der Waals surface area contributed by atoms with Crippen LogP contribution < -0.4 is 10.2 Å². The Hall–Kier alpha value is -0.666. The van der Waals surface area contributed by atoms with Crippen LogP contribution in [0.3, 0.4) is 0 Å². The molecule has 0 heterocycles. The topological polar surface area (TPSA) is 208 Å². The van der Waals surface area contributed by atoms with Crippen LogP contribution >= 0.6 is 0 Å². The third-order valence-electron chi connectivity index (χ3n) is 10.5. The van der Waals surface area contributed by atoms with Crippen molar-refractivity contribution in [3.63, 3.8) is 0 Å². The van der Waals surface area contributed by atoms with E-state index in [0.29, 0.717) is 39.3 Å². The standard InChI is InChI=1S/2C18H36O2.2C6H15NO3.Ti/c2*1-2-3-4-5-6-7-8-9-10-11-12-13-14-15-16-17-18(19)20;2*8-4-1-7(2-5-9)3-6-10;/h2*2-17H2,1H3,(H,19,20);2*8-10H,1-6H2;/q;;;;+2/p-2. The zero-order chi connectivity index (χ0) is 45.4. The van der Waals surface area contributed by atoms with Gasteiger partial charge in [-0.25, -0.2) is 0 Å². The smallest absolute Gasteiger partial charge is 0.550 e. The quantitative estimate of drug-likeness (QED) is 0.0285. The number of carboxylic acids is 2. The van der Waals surface area contributed by atoms with Crippen molar-refractivity contribution in [2.75, 3.05) is 78.9 Å². The van der Waals surface area contributed by atoms with E-state index in [1.54, 1.807) is 9.80 Å².